The van der Waals surface area contributed by atoms with Gasteiger partial charge in [-0.3, -0.25) is 4.79 Å². The first-order valence-corrected chi connectivity index (χ1v) is 11.8. The Balaban J connectivity index is 1.90. The van der Waals surface area contributed by atoms with Gasteiger partial charge in [-0.25, -0.2) is 13.4 Å². The molecule has 0 N–H and O–H groups in total. The van der Waals surface area contributed by atoms with E-state index >= 15 is 0 Å². The van der Waals surface area contributed by atoms with Gasteiger partial charge in [0.1, 0.15) is 5.75 Å². The molecule has 0 fully saturated rings. The van der Waals surface area contributed by atoms with E-state index in [2.05, 4.69) is 18.8 Å². The Morgan fingerprint density at radius 2 is 2.00 bits per heavy atom. The van der Waals surface area contributed by atoms with Gasteiger partial charge in [-0.1, -0.05) is 13.8 Å². The average Bonchev–Trinajstić information content (AvgIpc) is 3.13. The van der Waals surface area contributed by atoms with E-state index in [0.29, 0.717) is 36.3 Å². The molecule has 6 nitrogen and oxygen atoms in total. The highest BCUT2D eigenvalue weighted by molar-refractivity contribution is 7.91. The lowest BCUT2D eigenvalue weighted by Gasteiger charge is -2.27. The first kappa shape index (κ1) is 21.6. The van der Waals surface area contributed by atoms with E-state index in [-0.39, 0.29) is 17.0 Å². The molecular weight excluding hydrogens is 388 g/mol. The van der Waals surface area contributed by atoms with E-state index in [1.54, 1.807) is 38.5 Å². The number of hydrogen-bond donors (Lipinski definition) is 0. The fourth-order valence-electron chi connectivity index (χ4n) is 3.63. The van der Waals surface area contributed by atoms with E-state index in [0.717, 1.165) is 18.5 Å². The molecule has 1 heterocycles. The fourth-order valence-corrected chi connectivity index (χ4v) is 4.69. The molecule has 0 spiro atoms. The van der Waals surface area contributed by atoms with Crippen molar-refractivity contribution in [2.75, 3.05) is 6.61 Å². The Bertz CT molecular complexity index is 976. The van der Waals surface area contributed by atoms with Gasteiger partial charge in [0, 0.05) is 41.9 Å². The number of nitrogens with zero attached hydrogens (tertiary/aromatic N) is 2. The van der Waals surface area contributed by atoms with Crippen molar-refractivity contribution in [3.05, 3.63) is 47.5 Å². The lowest BCUT2D eigenvalue weighted by molar-refractivity contribution is 0.0972. The Kier molecular flexibility index (Phi) is 6.17. The maximum atomic E-state index is 12.7. The van der Waals surface area contributed by atoms with Crippen LogP contribution in [0.2, 0.25) is 0 Å². The summed E-state index contributed by atoms with van der Waals surface area (Å²) >= 11 is 0. The minimum Gasteiger partial charge on any atom is -0.493 e. The van der Waals surface area contributed by atoms with E-state index in [1.807, 2.05) is 10.8 Å². The number of carbonyl (C=O) groups excluding carboxylic acids is 1. The van der Waals surface area contributed by atoms with Gasteiger partial charge in [0.25, 0.3) is 0 Å². The van der Waals surface area contributed by atoms with Crippen molar-refractivity contribution in [3.63, 3.8) is 0 Å². The van der Waals surface area contributed by atoms with Crippen LogP contribution in [0.5, 0.6) is 5.75 Å². The zero-order valence-electron chi connectivity index (χ0n) is 17.6. The van der Waals surface area contributed by atoms with Gasteiger partial charge >= 0.3 is 0 Å². The summed E-state index contributed by atoms with van der Waals surface area (Å²) < 4.78 is 33.5. The quantitative estimate of drug-likeness (QED) is 0.651. The van der Waals surface area contributed by atoms with Crippen molar-refractivity contribution >= 4 is 15.6 Å². The molecule has 1 aliphatic rings. The summed E-state index contributed by atoms with van der Waals surface area (Å²) in [5.74, 6) is 0.557. The van der Waals surface area contributed by atoms with Gasteiger partial charge in [0.2, 0.25) is 0 Å². The summed E-state index contributed by atoms with van der Waals surface area (Å²) in [5.41, 5.74) is 1.97. The highest BCUT2D eigenvalue weighted by Gasteiger charge is 2.28. The number of imidazole rings is 1. The van der Waals surface area contributed by atoms with Crippen molar-refractivity contribution in [1.29, 1.82) is 0 Å². The van der Waals surface area contributed by atoms with Crippen LogP contribution in [0, 0.1) is 5.41 Å². The molecule has 2 aromatic rings. The SMILES string of the molecule is CC(C)S(=O)(=O)Cc1c(OCC(C)(C)Cn2ccnc2)ccc2c1CCCC2=O. The lowest BCUT2D eigenvalue weighted by atomic mass is 9.87. The van der Waals surface area contributed by atoms with Gasteiger partial charge in [0.15, 0.2) is 15.6 Å². The largest absolute Gasteiger partial charge is 0.493 e. The fraction of sp³-hybridized carbons (Fsp3) is 0.545. The number of fused-ring (bicyclic) bond motifs is 1. The van der Waals surface area contributed by atoms with Gasteiger partial charge < -0.3 is 9.30 Å². The summed E-state index contributed by atoms with van der Waals surface area (Å²) in [4.78, 5) is 16.4. The van der Waals surface area contributed by atoms with Crippen molar-refractivity contribution in [2.45, 2.75) is 64.5 Å². The van der Waals surface area contributed by atoms with E-state index in [1.165, 1.54) is 0 Å². The van der Waals surface area contributed by atoms with E-state index < -0.39 is 15.1 Å². The smallest absolute Gasteiger partial charge is 0.163 e. The average molecular weight is 419 g/mol. The Morgan fingerprint density at radius 1 is 1.24 bits per heavy atom. The molecule has 1 aromatic heterocycles. The van der Waals surface area contributed by atoms with Crippen LogP contribution >= 0.6 is 0 Å². The third kappa shape index (κ3) is 5.07. The molecule has 0 aliphatic heterocycles. The maximum absolute atomic E-state index is 12.7. The lowest BCUT2D eigenvalue weighted by Crippen LogP contribution is -2.27. The van der Waals surface area contributed by atoms with Crippen LogP contribution in [0.3, 0.4) is 0 Å². The molecule has 0 saturated heterocycles. The summed E-state index contributed by atoms with van der Waals surface area (Å²) in [5, 5.41) is -0.483. The molecule has 3 rings (SSSR count). The summed E-state index contributed by atoms with van der Waals surface area (Å²) in [6.07, 6.45) is 7.39. The number of benzene rings is 1. The molecule has 0 saturated carbocycles. The minimum absolute atomic E-state index is 0.0847. The number of sulfone groups is 1. The number of ketones is 1. The number of carbonyl (C=O) groups is 1. The molecule has 0 atom stereocenters. The van der Waals surface area contributed by atoms with Crippen molar-refractivity contribution in [1.82, 2.24) is 9.55 Å². The Morgan fingerprint density at radius 3 is 2.66 bits per heavy atom. The molecule has 158 valence electrons. The molecule has 0 unspecified atom stereocenters. The number of ether oxygens (including phenoxy) is 1. The van der Waals surface area contributed by atoms with Gasteiger partial charge in [-0.05, 0) is 44.4 Å². The van der Waals surface area contributed by atoms with Crippen LogP contribution in [0.4, 0.5) is 0 Å². The molecule has 1 aromatic carbocycles. The molecule has 0 amide bonds. The number of rotatable bonds is 8. The molecule has 7 heteroatoms. The molecule has 1 aliphatic carbocycles. The highest BCUT2D eigenvalue weighted by Crippen LogP contribution is 2.34. The normalized spacial score (nSPS) is 14.9. The van der Waals surface area contributed by atoms with Gasteiger partial charge in [0.05, 0.1) is 23.9 Å². The predicted octanol–water partition coefficient (Wildman–Crippen LogP) is 3.83. The first-order valence-electron chi connectivity index (χ1n) is 10.1. The highest BCUT2D eigenvalue weighted by atomic mass is 32.2. The second kappa shape index (κ2) is 8.30. The Labute approximate surface area is 173 Å². The van der Waals surface area contributed by atoms with Crippen LogP contribution in [-0.4, -0.2) is 35.6 Å². The van der Waals surface area contributed by atoms with E-state index in [9.17, 15) is 13.2 Å². The summed E-state index contributed by atoms with van der Waals surface area (Å²) in [7, 11) is -3.32. The standard InChI is InChI=1S/C22H30N2O4S/c1-16(2)29(26,27)12-19-17-6-5-7-20(25)18(17)8-9-21(19)28-14-22(3,4)13-24-11-10-23-15-24/h8-11,15-16H,5-7,12-14H2,1-4H3. The third-order valence-electron chi connectivity index (χ3n) is 5.37. The first-order chi connectivity index (χ1) is 13.6. The summed E-state index contributed by atoms with van der Waals surface area (Å²) in [6.45, 7) is 8.72. The molecule has 0 radical (unpaired) electrons. The molecule has 29 heavy (non-hydrogen) atoms. The number of hydrogen-bond acceptors (Lipinski definition) is 5. The van der Waals surface area contributed by atoms with Crippen molar-refractivity contribution in [3.8, 4) is 5.75 Å². The Hall–Kier alpha value is -2.15. The monoisotopic (exact) mass is 418 g/mol. The summed E-state index contributed by atoms with van der Waals surface area (Å²) in [6, 6.07) is 3.56. The van der Waals surface area contributed by atoms with Gasteiger partial charge in [-0.15, -0.1) is 0 Å². The third-order valence-corrected chi connectivity index (χ3v) is 7.50. The van der Waals surface area contributed by atoms with Crippen LogP contribution in [0.25, 0.3) is 0 Å². The second-order valence-electron chi connectivity index (χ2n) is 8.89. The second-order valence-corrected chi connectivity index (χ2v) is 11.4. The van der Waals surface area contributed by atoms with E-state index in [4.69, 9.17) is 4.74 Å². The van der Waals surface area contributed by atoms with Crippen LogP contribution in [0.15, 0.2) is 30.9 Å². The number of Topliss-reactive ketones (excluding diaryl/α,β-unsaturated/α-hetero) is 1. The van der Waals surface area contributed by atoms with Gasteiger partial charge in [-0.2, -0.15) is 0 Å². The molecule has 0 bridgehead atoms. The predicted molar refractivity (Wildman–Crippen MR) is 113 cm³/mol. The van der Waals surface area contributed by atoms with Crippen molar-refractivity contribution < 1.29 is 17.9 Å². The van der Waals surface area contributed by atoms with Crippen LogP contribution in [0.1, 0.15) is 62.0 Å². The van der Waals surface area contributed by atoms with Crippen LogP contribution < -0.4 is 4.74 Å². The topological polar surface area (TPSA) is 78.3 Å². The minimum atomic E-state index is -3.32. The number of aromatic nitrogens is 2. The van der Waals surface area contributed by atoms with Crippen molar-refractivity contribution in [2.24, 2.45) is 5.41 Å². The maximum Gasteiger partial charge on any atom is 0.163 e. The zero-order chi connectivity index (χ0) is 21.2. The zero-order valence-corrected chi connectivity index (χ0v) is 18.5. The van der Waals surface area contributed by atoms with Crippen LogP contribution in [-0.2, 0) is 28.6 Å². The molecular formula is C22H30N2O4S.